The minimum Gasteiger partial charge on any atom is -0.325 e. The Kier molecular flexibility index (Phi) is 5.74. The first-order valence-corrected chi connectivity index (χ1v) is 10.1. The number of nitrogens with one attached hydrogen (secondary N) is 1. The van der Waals surface area contributed by atoms with Crippen molar-refractivity contribution in [3.05, 3.63) is 88.0 Å². The molecule has 0 saturated carbocycles. The van der Waals surface area contributed by atoms with E-state index in [2.05, 4.69) is 26.2 Å². The average Bonchev–Trinajstić information content (AvgIpc) is 3.10. The summed E-state index contributed by atoms with van der Waals surface area (Å²) in [7, 11) is 0. The van der Waals surface area contributed by atoms with Crippen molar-refractivity contribution in [3.63, 3.8) is 0 Å². The Hall–Kier alpha value is -3.24. The molecule has 164 valence electrons. The minimum atomic E-state index is -4.75. The molecule has 0 aliphatic carbocycles. The van der Waals surface area contributed by atoms with Crippen molar-refractivity contribution >= 4 is 33.2 Å². The zero-order chi connectivity index (χ0) is 23.0. The van der Waals surface area contributed by atoms with Crippen LogP contribution >= 0.6 is 15.9 Å². The molecule has 0 unspecified atom stereocenters. The smallest absolute Gasteiger partial charge is 0.325 e. The first-order valence-electron chi connectivity index (χ1n) is 9.33. The highest BCUT2D eigenvalue weighted by Gasteiger charge is 2.35. The Bertz CT molecular complexity index is 1320. The third-order valence-electron chi connectivity index (χ3n) is 4.83. The van der Waals surface area contributed by atoms with Crippen LogP contribution in [0.1, 0.15) is 21.6 Å². The second kappa shape index (κ2) is 8.36. The molecule has 4 rings (SSSR count). The van der Waals surface area contributed by atoms with Gasteiger partial charge in [0.2, 0.25) is 0 Å². The van der Waals surface area contributed by atoms with E-state index in [-0.39, 0.29) is 12.2 Å². The van der Waals surface area contributed by atoms with Crippen LogP contribution in [0.5, 0.6) is 0 Å². The van der Waals surface area contributed by atoms with Gasteiger partial charge in [-0.3, -0.25) is 9.20 Å². The maximum absolute atomic E-state index is 13.6. The van der Waals surface area contributed by atoms with Crippen molar-refractivity contribution in [2.24, 2.45) is 5.73 Å². The summed E-state index contributed by atoms with van der Waals surface area (Å²) in [6.45, 7) is 0.167. The average molecular weight is 507 g/mol. The van der Waals surface area contributed by atoms with E-state index in [0.29, 0.717) is 27.1 Å². The fourth-order valence-electron chi connectivity index (χ4n) is 3.32. The fraction of sp³-hybridized carbons (Fsp3) is 0.0909. The molecular weight excluding hydrogens is 492 g/mol. The number of rotatable bonds is 4. The number of hydrogen-bond acceptors (Lipinski definition) is 3. The molecule has 3 N–H and O–H groups in total. The van der Waals surface area contributed by atoms with Gasteiger partial charge in [0.05, 0.1) is 16.8 Å². The third kappa shape index (κ3) is 4.11. The summed E-state index contributed by atoms with van der Waals surface area (Å²) in [5, 5.41) is 2.39. The van der Waals surface area contributed by atoms with Crippen molar-refractivity contribution < 1.29 is 22.4 Å². The van der Waals surface area contributed by atoms with Crippen LogP contribution in [-0.4, -0.2) is 15.3 Å². The van der Waals surface area contributed by atoms with Crippen LogP contribution in [0.25, 0.3) is 16.8 Å². The number of amides is 1. The predicted molar refractivity (Wildman–Crippen MR) is 116 cm³/mol. The van der Waals surface area contributed by atoms with Crippen molar-refractivity contribution in [1.82, 2.24) is 9.38 Å². The van der Waals surface area contributed by atoms with Crippen LogP contribution in [0.3, 0.4) is 0 Å². The van der Waals surface area contributed by atoms with E-state index in [0.717, 1.165) is 18.2 Å². The Morgan fingerprint density at radius 3 is 2.50 bits per heavy atom. The monoisotopic (exact) mass is 506 g/mol. The lowest BCUT2D eigenvalue weighted by atomic mass is 9.98. The van der Waals surface area contributed by atoms with Gasteiger partial charge in [-0.15, -0.1) is 0 Å². The molecule has 4 aromatic rings. The normalized spacial score (nSPS) is 11.7. The lowest BCUT2D eigenvalue weighted by molar-refractivity contribution is -0.137. The fourth-order valence-corrected chi connectivity index (χ4v) is 3.86. The zero-order valence-electron chi connectivity index (χ0n) is 16.3. The van der Waals surface area contributed by atoms with E-state index < -0.39 is 29.0 Å². The highest BCUT2D eigenvalue weighted by molar-refractivity contribution is 9.10. The van der Waals surface area contributed by atoms with Gasteiger partial charge in [0.15, 0.2) is 0 Å². The molecule has 0 atom stereocenters. The van der Waals surface area contributed by atoms with Gasteiger partial charge in [-0.05, 0) is 70.0 Å². The number of nitrogens with zero attached hydrogens (tertiary/aromatic N) is 2. The summed E-state index contributed by atoms with van der Waals surface area (Å²) in [4.78, 5) is 17.2. The number of carbonyl (C=O) groups excluding carboxylic acids is 1. The van der Waals surface area contributed by atoms with Gasteiger partial charge in [0.25, 0.3) is 5.91 Å². The van der Waals surface area contributed by atoms with Gasteiger partial charge in [0.1, 0.15) is 16.1 Å². The van der Waals surface area contributed by atoms with Gasteiger partial charge in [-0.1, -0.05) is 6.07 Å². The number of nitrogens with two attached hydrogens (primary N) is 1. The molecule has 0 fully saturated rings. The van der Waals surface area contributed by atoms with Gasteiger partial charge >= 0.3 is 6.18 Å². The number of anilines is 1. The highest BCUT2D eigenvalue weighted by atomic mass is 79.9. The Morgan fingerprint density at radius 1 is 1.12 bits per heavy atom. The standard InChI is InChI=1S/C22H15BrF4N4O/c23-19-18(11-28)30-20-15(2-1-9-31(19)20)12-3-8-17(22(25,26)27)16(10-12)21(32)29-14-6-4-13(24)5-7-14/h1-10H,11,28H2,(H,29,32). The SMILES string of the molecule is NCc1nc2c(-c3ccc(C(F)(F)F)c(C(=O)Nc4ccc(F)cc4)c3)cccn2c1Br. The summed E-state index contributed by atoms with van der Waals surface area (Å²) in [5.74, 6) is -1.50. The van der Waals surface area contributed by atoms with Gasteiger partial charge in [-0.2, -0.15) is 13.2 Å². The quantitative estimate of drug-likeness (QED) is 0.352. The molecule has 0 aliphatic heterocycles. The molecule has 0 saturated heterocycles. The second-order valence-corrected chi connectivity index (χ2v) is 7.64. The molecule has 1 amide bonds. The lowest BCUT2D eigenvalue weighted by Crippen LogP contribution is -2.19. The summed E-state index contributed by atoms with van der Waals surface area (Å²) in [5.41, 5.74) is 6.18. The molecule has 0 radical (unpaired) electrons. The van der Waals surface area contributed by atoms with E-state index >= 15 is 0 Å². The highest BCUT2D eigenvalue weighted by Crippen LogP contribution is 2.36. The van der Waals surface area contributed by atoms with Crippen LogP contribution in [0, 0.1) is 5.82 Å². The third-order valence-corrected chi connectivity index (χ3v) is 5.67. The van der Waals surface area contributed by atoms with Crippen LogP contribution in [0.2, 0.25) is 0 Å². The summed E-state index contributed by atoms with van der Waals surface area (Å²) in [6, 6.07) is 11.5. The van der Waals surface area contributed by atoms with Crippen LogP contribution in [0.15, 0.2) is 65.4 Å². The maximum atomic E-state index is 13.6. The number of carbonyl (C=O) groups is 1. The number of aromatic nitrogens is 2. The molecule has 0 bridgehead atoms. The van der Waals surface area contributed by atoms with Gasteiger partial charge < -0.3 is 11.1 Å². The Balaban J connectivity index is 1.83. The summed E-state index contributed by atoms with van der Waals surface area (Å²) >= 11 is 3.42. The maximum Gasteiger partial charge on any atom is 0.417 e. The molecule has 0 spiro atoms. The number of halogens is 5. The molecule has 32 heavy (non-hydrogen) atoms. The van der Waals surface area contributed by atoms with Crippen molar-refractivity contribution in [3.8, 4) is 11.1 Å². The predicted octanol–water partition coefficient (Wildman–Crippen LogP) is 5.63. The van der Waals surface area contributed by atoms with Crippen LogP contribution in [0.4, 0.5) is 23.2 Å². The molecule has 2 aromatic carbocycles. The Morgan fingerprint density at radius 2 is 1.84 bits per heavy atom. The molecule has 2 aromatic heterocycles. The number of benzene rings is 2. The largest absolute Gasteiger partial charge is 0.417 e. The van der Waals surface area contributed by atoms with E-state index in [1.165, 1.54) is 24.3 Å². The topological polar surface area (TPSA) is 72.4 Å². The number of imidazole rings is 1. The molecule has 10 heteroatoms. The van der Waals surface area contributed by atoms with Crippen molar-refractivity contribution in [2.75, 3.05) is 5.32 Å². The van der Waals surface area contributed by atoms with Crippen LogP contribution in [-0.2, 0) is 12.7 Å². The summed E-state index contributed by atoms with van der Waals surface area (Å²) in [6.07, 6.45) is -3.01. The van der Waals surface area contributed by atoms with E-state index in [1.807, 2.05) is 0 Å². The summed E-state index contributed by atoms with van der Waals surface area (Å²) < 4.78 is 56.3. The Labute approximate surface area is 188 Å². The second-order valence-electron chi connectivity index (χ2n) is 6.89. The number of fused-ring (bicyclic) bond motifs is 1. The van der Waals surface area contributed by atoms with E-state index in [1.54, 1.807) is 22.7 Å². The number of hydrogen-bond donors (Lipinski definition) is 2. The first-order chi connectivity index (χ1) is 15.2. The molecule has 0 aliphatic rings. The van der Waals surface area contributed by atoms with Crippen molar-refractivity contribution in [1.29, 1.82) is 0 Å². The zero-order valence-corrected chi connectivity index (χ0v) is 17.8. The molecule has 5 nitrogen and oxygen atoms in total. The lowest BCUT2D eigenvalue weighted by Gasteiger charge is -2.15. The van der Waals surface area contributed by atoms with Gasteiger partial charge in [-0.25, -0.2) is 9.37 Å². The molecule has 2 heterocycles. The van der Waals surface area contributed by atoms with E-state index in [4.69, 9.17) is 5.73 Å². The van der Waals surface area contributed by atoms with Crippen LogP contribution < -0.4 is 11.1 Å². The first kappa shape index (κ1) is 22.0. The van der Waals surface area contributed by atoms with Crippen molar-refractivity contribution in [2.45, 2.75) is 12.7 Å². The minimum absolute atomic E-state index is 0.167. The van der Waals surface area contributed by atoms with Gasteiger partial charge in [0, 0.05) is 24.0 Å². The van der Waals surface area contributed by atoms with E-state index in [9.17, 15) is 22.4 Å². The number of alkyl halides is 3. The molecular formula is C22H15BrF4N4O. The number of pyridine rings is 1.